The first-order chi connectivity index (χ1) is 14.2. The van der Waals surface area contributed by atoms with Gasteiger partial charge in [-0.05, 0) is 12.1 Å². The van der Waals surface area contributed by atoms with Crippen LogP contribution in [0.25, 0.3) is 0 Å². The van der Waals surface area contributed by atoms with Crippen molar-refractivity contribution in [2.24, 2.45) is 0 Å². The average molecular weight is 489 g/mol. The summed E-state index contributed by atoms with van der Waals surface area (Å²) in [5.41, 5.74) is -1.13. The number of hydrogen-bond donors (Lipinski definition) is 1. The Bertz CT molecular complexity index is 1080. The quantitative estimate of drug-likeness (QED) is 0.570. The molecule has 170 valence electrons. The third kappa shape index (κ3) is 7.83. The number of alkyl halides is 3. The monoisotopic (exact) mass is 488 g/mol. The third-order valence-corrected chi connectivity index (χ3v) is 4.29. The molecule has 0 radical (unpaired) electrons. The lowest BCUT2D eigenvalue weighted by Gasteiger charge is -2.12. The largest absolute Gasteiger partial charge is 0.487 e. The van der Waals surface area contributed by atoms with Gasteiger partial charge in [0.1, 0.15) is 29.0 Å². The number of carbonyl (C=O) groups excluding carboxylic acids is 1. The van der Waals surface area contributed by atoms with Crippen LogP contribution in [0.2, 0.25) is 5.02 Å². The Balaban J connectivity index is 2.05. The fraction of sp³-hybridized carbons (Fsp3) is 0.294. The highest BCUT2D eigenvalue weighted by Gasteiger charge is 2.27. The minimum atomic E-state index is -4.41. The Morgan fingerprint density at radius 3 is 2.42 bits per heavy atom. The van der Waals surface area contributed by atoms with Crippen LogP contribution in [0.4, 0.5) is 22.0 Å². The molecular weight excluding hydrogens is 475 g/mol. The molecule has 14 heteroatoms. The number of hydrogen-bond acceptors (Lipinski definition) is 6. The van der Waals surface area contributed by atoms with Crippen LogP contribution in [0.15, 0.2) is 24.4 Å². The topological polar surface area (TPSA) is 94.6 Å². The Hall–Kier alpha value is -2.67. The molecule has 0 bridgehead atoms. The van der Waals surface area contributed by atoms with E-state index in [-0.39, 0.29) is 22.2 Å². The number of pyridine rings is 1. The zero-order valence-electron chi connectivity index (χ0n) is 15.6. The Morgan fingerprint density at radius 2 is 1.84 bits per heavy atom. The molecule has 1 heterocycles. The first-order valence-corrected chi connectivity index (χ1v) is 10.5. The lowest BCUT2D eigenvalue weighted by atomic mass is 10.1. The molecule has 0 spiro atoms. The summed E-state index contributed by atoms with van der Waals surface area (Å²) in [6.45, 7) is -1.22. The van der Waals surface area contributed by atoms with Crippen LogP contribution in [0.3, 0.4) is 0 Å². The minimum absolute atomic E-state index is 0.0214. The molecule has 0 aliphatic heterocycles. The lowest BCUT2D eigenvalue weighted by molar-refractivity contribution is -0.139. The molecule has 0 atom stereocenters. The molecule has 0 saturated carbocycles. The summed E-state index contributed by atoms with van der Waals surface area (Å²) >= 11 is 5.85. The number of amides is 1. The highest BCUT2D eigenvalue weighted by molar-refractivity contribution is 7.89. The molecule has 0 unspecified atom stereocenters. The van der Waals surface area contributed by atoms with E-state index in [2.05, 4.69) is 4.98 Å². The number of ether oxygens (including phenoxy) is 2. The minimum Gasteiger partial charge on any atom is -0.487 e. The molecule has 0 aliphatic rings. The van der Waals surface area contributed by atoms with Gasteiger partial charge in [-0.3, -0.25) is 4.79 Å². The number of rotatable bonds is 8. The molecule has 0 aliphatic carbocycles. The number of nitrogens with zero attached hydrogens (tertiary/aromatic N) is 1. The van der Waals surface area contributed by atoms with Crippen molar-refractivity contribution in [1.82, 2.24) is 9.71 Å². The lowest BCUT2D eigenvalue weighted by Crippen LogP contribution is -2.30. The van der Waals surface area contributed by atoms with Gasteiger partial charge in [-0.2, -0.15) is 13.2 Å². The number of nitrogens with one attached hydrogen (secondary N) is 1. The van der Waals surface area contributed by atoms with Crippen molar-refractivity contribution in [3.63, 3.8) is 0 Å². The molecular formula is C17H14ClF5N2O5S. The molecule has 31 heavy (non-hydrogen) atoms. The van der Waals surface area contributed by atoms with Crippen LogP contribution in [0.1, 0.15) is 22.3 Å². The zero-order valence-corrected chi connectivity index (χ0v) is 17.2. The summed E-state index contributed by atoms with van der Waals surface area (Å²) in [7, 11) is -3.98. The van der Waals surface area contributed by atoms with Gasteiger partial charge in [0.15, 0.2) is 0 Å². The van der Waals surface area contributed by atoms with Crippen LogP contribution >= 0.6 is 11.6 Å². The standard InChI is InChI=1S/C17H14ClF5N2O5S/c1-31(27,28)25-15(26)11-6-13(19)9(4-14(11)20)8-30-10-5-12(18)16(24-7-10)29-3-2-17(21,22)23/h4-7H,2-3,8H2,1H3,(H,25,26). The molecule has 1 amide bonds. The Kier molecular flexibility index (Phi) is 7.65. The summed E-state index contributed by atoms with van der Waals surface area (Å²) < 4.78 is 98.3. The highest BCUT2D eigenvalue weighted by Crippen LogP contribution is 2.28. The van der Waals surface area contributed by atoms with Gasteiger partial charge in [0.05, 0.1) is 31.0 Å². The van der Waals surface area contributed by atoms with E-state index in [1.165, 1.54) is 4.72 Å². The summed E-state index contributed by atoms with van der Waals surface area (Å²) in [4.78, 5) is 15.4. The van der Waals surface area contributed by atoms with E-state index in [1.807, 2.05) is 0 Å². The maximum Gasteiger partial charge on any atom is 0.392 e. The Morgan fingerprint density at radius 1 is 1.16 bits per heavy atom. The van der Waals surface area contributed by atoms with E-state index >= 15 is 0 Å². The predicted molar refractivity (Wildman–Crippen MR) is 98.4 cm³/mol. The number of aromatic nitrogens is 1. The van der Waals surface area contributed by atoms with Crippen LogP contribution in [-0.2, 0) is 16.6 Å². The second-order valence-corrected chi connectivity index (χ2v) is 8.24. The van der Waals surface area contributed by atoms with Crippen LogP contribution in [0, 0.1) is 11.6 Å². The van der Waals surface area contributed by atoms with Gasteiger partial charge in [-0.15, -0.1) is 0 Å². The van der Waals surface area contributed by atoms with Crippen LogP contribution in [-0.4, -0.2) is 38.3 Å². The Labute approximate surface area is 178 Å². The average Bonchev–Trinajstić information content (AvgIpc) is 2.61. The van der Waals surface area contributed by atoms with Crippen molar-refractivity contribution in [1.29, 1.82) is 0 Å². The number of sulfonamides is 1. The van der Waals surface area contributed by atoms with Crippen molar-refractivity contribution in [3.05, 3.63) is 52.2 Å². The van der Waals surface area contributed by atoms with E-state index in [0.29, 0.717) is 18.4 Å². The van der Waals surface area contributed by atoms with Crippen molar-refractivity contribution in [3.8, 4) is 11.6 Å². The number of carbonyl (C=O) groups is 1. The number of halogens is 6. The van der Waals surface area contributed by atoms with Crippen molar-refractivity contribution in [2.75, 3.05) is 12.9 Å². The zero-order chi connectivity index (χ0) is 23.4. The summed E-state index contributed by atoms with van der Waals surface area (Å²) in [5.74, 6) is -3.87. The van der Waals surface area contributed by atoms with Gasteiger partial charge in [0.2, 0.25) is 15.9 Å². The fourth-order valence-corrected chi connectivity index (χ4v) is 2.77. The van der Waals surface area contributed by atoms with E-state index in [4.69, 9.17) is 21.1 Å². The van der Waals surface area contributed by atoms with Gasteiger partial charge in [0.25, 0.3) is 5.91 Å². The van der Waals surface area contributed by atoms with Crippen molar-refractivity contribution < 1.29 is 44.6 Å². The van der Waals surface area contributed by atoms with E-state index < -0.39 is 58.9 Å². The van der Waals surface area contributed by atoms with Gasteiger partial charge >= 0.3 is 6.18 Å². The third-order valence-electron chi connectivity index (χ3n) is 3.46. The van der Waals surface area contributed by atoms with Crippen molar-refractivity contribution in [2.45, 2.75) is 19.2 Å². The molecule has 1 N–H and O–H groups in total. The fourth-order valence-electron chi connectivity index (χ4n) is 2.11. The molecule has 0 fully saturated rings. The highest BCUT2D eigenvalue weighted by atomic mass is 35.5. The molecule has 2 rings (SSSR count). The summed E-state index contributed by atoms with van der Waals surface area (Å²) in [6, 6.07) is 2.31. The summed E-state index contributed by atoms with van der Waals surface area (Å²) in [6.07, 6.45) is -3.88. The second-order valence-electron chi connectivity index (χ2n) is 6.09. The molecule has 7 nitrogen and oxygen atoms in total. The van der Waals surface area contributed by atoms with Gasteiger partial charge < -0.3 is 9.47 Å². The van der Waals surface area contributed by atoms with E-state index in [0.717, 1.165) is 12.3 Å². The van der Waals surface area contributed by atoms with Crippen LogP contribution < -0.4 is 14.2 Å². The first-order valence-electron chi connectivity index (χ1n) is 8.23. The first kappa shape index (κ1) is 24.6. The number of benzene rings is 1. The SMILES string of the molecule is CS(=O)(=O)NC(=O)c1cc(F)c(COc2cnc(OCCC(F)(F)F)c(Cl)c2)cc1F. The van der Waals surface area contributed by atoms with Gasteiger partial charge in [-0.25, -0.2) is 26.9 Å². The van der Waals surface area contributed by atoms with Gasteiger partial charge in [-0.1, -0.05) is 11.6 Å². The van der Waals surface area contributed by atoms with E-state index in [1.54, 1.807) is 0 Å². The normalized spacial score (nSPS) is 11.8. The maximum absolute atomic E-state index is 14.2. The molecule has 2 aromatic rings. The van der Waals surface area contributed by atoms with Crippen molar-refractivity contribution >= 4 is 27.5 Å². The second kappa shape index (κ2) is 9.64. The molecule has 1 aromatic heterocycles. The predicted octanol–water partition coefficient (Wildman–Crippen LogP) is 3.61. The summed E-state index contributed by atoms with van der Waals surface area (Å²) in [5, 5.41) is -0.167. The van der Waals surface area contributed by atoms with E-state index in [9.17, 15) is 35.2 Å². The van der Waals surface area contributed by atoms with Gasteiger partial charge in [0, 0.05) is 11.6 Å². The molecule has 0 saturated heterocycles. The maximum atomic E-state index is 14.2. The van der Waals surface area contributed by atoms with Crippen LogP contribution in [0.5, 0.6) is 11.6 Å². The molecule has 1 aromatic carbocycles. The smallest absolute Gasteiger partial charge is 0.392 e.